The first kappa shape index (κ1) is 12.3. The lowest BCUT2D eigenvalue weighted by atomic mass is 9.90. The van der Waals surface area contributed by atoms with Crippen molar-refractivity contribution in [1.82, 2.24) is 19.5 Å². The van der Waals surface area contributed by atoms with Gasteiger partial charge in [-0.1, -0.05) is 6.92 Å². The summed E-state index contributed by atoms with van der Waals surface area (Å²) in [6, 6.07) is 3.46. The van der Waals surface area contributed by atoms with Crippen LogP contribution in [0.2, 0.25) is 0 Å². The summed E-state index contributed by atoms with van der Waals surface area (Å²) < 4.78 is 1.40. The molecule has 3 rings (SSSR count). The van der Waals surface area contributed by atoms with Crippen LogP contribution in [0.4, 0.5) is 0 Å². The van der Waals surface area contributed by atoms with Crippen LogP contribution in [0.15, 0.2) is 29.3 Å². The molecule has 1 saturated heterocycles. The molecule has 0 aliphatic carbocycles. The number of likely N-dealkylation sites (tertiary alicyclic amines) is 1. The molecule has 100 valence electrons. The molecular formula is C14H18N4O. The highest BCUT2D eigenvalue weighted by Gasteiger charge is 2.22. The Morgan fingerprint density at radius 2 is 2.05 bits per heavy atom. The van der Waals surface area contributed by atoms with Crippen LogP contribution < -0.4 is 5.56 Å². The van der Waals surface area contributed by atoms with Gasteiger partial charge in [-0.3, -0.25) is 4.79 Å². The van der Waals surface area contributed by atoms with Gasteiger partial charge in [0.15, 0.2) is 5.65 Å². The van der Waals surface area contributed by atoms with Crippen molar-refractivity contribution in [1.29, 1.82) is 0 Å². The Labute approximate surface area is 111 Å². The molecule has 3 heterocycles. The van der Waals surface area contributed by atoms with Crippen LogP contribution in [0.1, 0.15) is 31.2 Å². The summed E-state index contributed by atoms with van der Waals surface area (Å²) in [5.41, 5.74) is 1.76. The van der Waals surface area contributed by atoms with E-state index in [0.29, 0.717) is 11.6 Å². The molecule has 0 radical (unpaired) electrons. The normalized spacial score (nSPS) is 17.9. The van der Waals surface area contributed by atoms with Crippen molar-refractivity contribution in [3.8, 4) is 0 Å². The van der Waals surface area contributed by atoms with Crippen LogP contribution in [0.5, 0.6) is 0 Å². The molecule has 2 aromatic heterocycles. The SMILES string of the molecule is CCN1CCC(c2ccnn3c(=O)ccnc23)CC1. The average molecular weight is 258 g/mol. The van der Waals surface area contributed by atoms with Gasteiger partial charge in [-0.2, -0.15) is 9.61 Å². The molecule has 0 saturated carbocycles. The summed E-state index contributed by atoms with van der Waals surface area (Å²) >= 11 is 0. The van der Waals surface area contributed by atoms with E-state index in [1.54, 1.807) is 12.4 Å². The van der Waals surface area contributed by atoms with Crippen LogP contribution in [0, 0.1) is 0 Å². The van der Waals surface area contributed by atoms with Gasteiger partial charge in [-0.05, 0) is 44.5 Å². The van der Waals surface area contributed by atoms with Gasteiger partial charge in [0.1, 0.15) is 0 Å². The van der Waals surface area contributed by atoms with Gasteiger partial charge in [-0.25, -0.2) is 4.98 Å². The fourth-order valence-electron chi connectivity index (χ4n) is 2.84. The standard InChI is InChI=1S/C14H18N4O/c1-2-17-9-5-11(6-10-17)12-3-8-16-18-13(19)4-7-15-14(12)18/h3-4,7-8,11H,2,5-6,9-10H2,1H3. The molecule has 0 N–H and O–H groups in total. The quantitative estimate of drug-likeness (QED) is 0.814. The number of hydrogen-bond donors (Lipinski definition) is 0. The number of nitrogens with zero attached hydrogens (tertiary/aromatic N) is 4. The predicted octanol–water partition coefficient (Wildman–Crippen LogP) is 1.29. The predicted molar refractivity (Wildman–Crippen MR) is 73.3 cm³/mol. The lowest BCUT2D eigenvalue weighted by molar-refractivity contribution is 0.222. The van der Waals surface area contributed by atoms with E-state index in [-0.39, 0.29) is 5.56 Å². The second-order valence-electron chi connectivity index (χ2n) is 5.01. The van der Waals surface area contributed by atoms with E-state index < -0.39 is 0 Å². The molecule has 0 amide bonds. The van der Waals surface area contributed by atoms with Crippen molar-refractivity contribution in [3.63, 3.8) is 0 Å². The van der Waals surface area contributed by atoms with Crippen LogP contribution in [0.25, 0.3) is 5.65 Å². The Morgan fingerprint density at radius 3 is 2.79 bits per heavy atom. The third kappa shape index (κ3) is 2.26. The van der Waals surface area contributed by atoms with Crippen molar-refractivity contribution in [2.24, 2.45) is 0 Å². The zero-order valence-electron chi connectivity index (χ0n) is 11.1. The molecule has 0 atom stereocenters. The monoisotopic (exact) mass is 258 g/mol. The van der Waals surface area contributed by atoms with Crippen molar-refractivity contribution in [2.45, 2.75) is 25.7 Å². The van der Waals surface area contributed by atoms with E-state index in [2.05, 4.69) is 21.9 Å². The molecule has 2 aromatic rings. The first-order chi connectivity index (χ1) is 9.29. The van der Waals surface area contributed by atoms with Gasteiger partial charge in [0.2, 0.25) is 0 Å². The largest absolute Gasteiger partial charge is 0.304 e. The maximum absolute atomic E-state index is 11.8. The van der Waals surface area contributed by atoms with Crippen LogP contribution in [0.3, 0.4) is 0 Å². The molecule has 5 nitrogen and oxygen atoms in total. The average Bonchev–Trinajstić information content (AvgIpc) is 2.47. The summed E-state index contributed by atoms with van der Waals surface area (Å²) in [5.74, 6) is 0.482. The molecule has 19 heavy (non-hydrogen) atoms. The van der Waals surface area contributed by atoms with E-state index >= 15 is 0 Å². The number of aromatic nitrogens is 3. The first-order valence-corrected chi connectivity index (χ1v) is 6.85. The van der Waals surface area contributed by atoms with Gasteiger partial charge < -0.3 is 4.90 Å². The van der Waals surface area contributed by atoms with E-state index in [0.717, 1.165) is 38.0 Å². The molecule has 1 aliphatic rings. The topological polar surface area (TPSA) is 50.5 Å². The van der Waals surface area contributed by atoms with Crippen molar-refractivity contribution >= 4 is 5.65 Å². The van der Waals surface area contributed by atoms with Gasteiger partial charge in [0, 0.05) is 24.0 Å². The lowest BCUT2D eigenvalue weighted by Gasteiger charge is -2.31. The Balaban J connectivity index is 1.98. The Morgan fingerprint density at radius 1 is 1.26 bits per heavy atom. The van der Waals surface area contributed by atoms with Crippen LogP contribution in [-0.2, 0) is 0 Å². The third-order valence-electron chi connectivity index (χ3n) is 3.99. The second-order valence-corrected chi connectivity index (χ2v) is 5.01. The van der Waals surface area contributed by atoms with Crippen LogP contribution >= 0.6 is 0 Å². The highest BCUT2D eigenvalue weighted by atomic mass is 16.1. The molecule has 0 unspecified atom stereocenters. The van der Waals surface area contributed by atoms with Crippen molar-refractivity contribution in [3.05, 3.63) is 40.4 Å². The van der Waals surface area contributed by atoms with E-state index in [1.807, 2.05) is 6.07 Å². The lowest BCUT2D eigenvalue weighted by Crippen LogP contribution is -2.33. The molecule has 5 heteroatoms. The van der Waals surface area contributed by atoms with Gasteiger partial charge >= 0.3 is 0 Å². The molecule has 1 fully saturated rings. The fourth-order valence-corrected chi connectivity index (χ4v) is 2.84. The minimum absolute atomic E-state index is 0.113. The number of rotatable bonds is 2. The number of fused-ring (bicyclic) bond motifs is 1. The van der Waals surface area contributed by atoms with Crippen molar-refractivity contribution in [2.75, 3.05) is 19.6 Å². The number of piperidine rings is 1. The van der Waals surface area contributed by atoms with Gasteiger partial charge in [-0.15, -0.1) is 0 Å². The zero-order chi connectivity index (χ0) is 13.2. The van der Waals surface area contributed by atoms with E-state index in [9.17, 15) is 4.79 Å². The van der Waals surface area contributed by atoms with Crippen LogP contribution in [-0.4, -0.2) is 39.1 Å². The third-order valence-corrected chi connectivity index (χ3v) is 3.99. The van der Waals surface area contributed by atoms with E-state index in [1.165, 1.54) is 10.6 Å². The second kappa shape index (κ2) is 5.09. The Kier molecular flexibility index (Phi) is 3.29. The highest BCUT2D eigenvalue weighted by Crippen LogP contribution is 2.29. The first-order valence-electron chi connectivity index (χ1n) is 6.85. The summed E-state index contributed by atoms with van der Waals surface area (Å²) in [4.78, 5) is 18.6. The molecular weight excluding hydrogens is 240 g/mol. The molecule has 0 bridgehead atoms. The smallest absolute Gasteiger partial charge is 0.274 e. The maximum atomic E-state index is 11.8. The molecule has 0 spiro atoms. The zero-order valence-corrected chi connectivity index (χ0v) is 11.1. The van der Waals surface area contributed by atoms with E-state index in [4.69, 9.17) is 0 Å². The Bertz CT molecular complexity index is 629. The number of hydrogen-bond acceptors (Lipinski definition) is 4. The van der Waals surface area contributed by atoms with Gasteiger partial charge in [0.05, 0.1) is 0 Å². The van der Waals surface area contributed by atoms with Gasteiger partial charge in [0.25, 0.3) is 5.56 Å². The highest BCUT2D eigenvalue weighted by molar-refractivity contribution is 5.47. The Hall–Kier alpha value is -1.75. The summed E-state index contributed by atoms with van der Waals surface area (Å²) in [6.45, 7) is 5.55. The maximum Gasteiger partial charge on any atom is 0.274 e. The summed E-state index contributed by atoms with van der Waals surface area (Å²) in [6.07, 6.45) is 5.53. The minimum Gasteiger partial charge on any atom is -0.304 e. The minimum atomic E-state index is -0.113. The summed E-state index contributed by atoms with van der Waals surface area (Å²) in [5, 5.41) is 4.10. The fraction of sp³-hybridized carbons (Fsp3) is 0.500. The van der Waals surface area contributed by atoms with Crippen molar-refractivity contribution < 1.29 is 0 Å². The molecule has 0 aromatic carbocycles. The molecule has 1 aliphatic heterocycles. The summed E-state index contributed by atoms with van der Waals surface area (Å²) in [7, 11) is 0.